The summed E-state index contributed by atoms with van der Waals surface area (Å²) < 4.78 is 0. The van der Waals surface area contributed by atoms with Crippen LogP contribution in [0.5, 0.6) is 0 Å². The second-order valence-electron chi connectivity index (χ2n) is 7.10. The first kappa shape index (κ1) is 18.0. The molecule has 2 saturated heterocycles. The number of carbonyl (C=O) groups is 2. The van der Waals surface area contributed by atoms with Gasteiger partial charge in [0, 0.05) is 26.2 Å². The maximum Gasteiger partial charge on any atom is 0.251 e. The van der Waals surface area contributed by atoms with Crippen molar-refractivity contribution in [2.24, 2.45) is 0 Å². The summed E-state index contributed by atoms with van der Waals surface area (Å²) in [6.45, 7) is 4.99. The van der Waals surface area contributed by atoms with Gasteiger partial charge in [0.15, 0.2) is 0 Å². The fraction of sp³-hybridized carbons (Fsp3) is 0.333. The number of anilines is 2. The third-order valence-corrected chi connectivity index (χ3v) is 5.65. The van der Waals surface area contributed by atoms with Crippen molar-refractivity contribution in [3.63, 3.8) is 0 Å². The lowest BCUT2D eigenvalue weighted by Gasteiger charge is -2.38. The van der Waals surface area contributed by atoms with Crippen molar-refractivity contribution < 1.29 is 9.59 Å². The van der Waals surface area contributed by atoms with Crippen LogP contribution in [0.25, 0.3) is 0 Å². The van der Waals surface area contributed by atoms with E-state index in [9.17, 15) is 9.59 Å². The summed E-state index contributed by atoms with van der Waals surface area (Å²) in [4.78, 5) is 31.2. The Morgan fingerprint density at radius 3 is 2.41 bits per heavy atom. The van der Waals surface area contributed by atoms with Crippen molar-refractivity contribution in [1.82, 2.24) is 4.90 Å². The van der Waals surface area contributed by atoms with Crippen molar-refractivity contribution in [2.45, 2.75) is 19.4 Å². The summed E-state index contributed by atoms with van der Waals surface area (Å²) >= 11 is 6.30. The molecule has 140 valence electrons. The van der Waals surface area contributed by atoms with Crippen LogP contribution in [-0.2, 0) is 9.59 Å². The SMILES string of the molecule is Cc1cccc(N2C(=O)C[C@H](N3CCN(c4ccccc4Cl)CC3)C2=O)c1. The number of hydrogen-bond acceptors (Lipinski definition) is 4. The number of halogens is 1. The molecule has 27 heavy (non-hydrogen) atoms. The first-order valence-corrected chi connectivity index (χ1v) is 9.59. The highest BCUT2D eigenvalue weighted by Crippen LogP contribution is 2.29. The molecular weight excluding hydrogens is 362 g/mol. The standard InChI is InChI=1S/C21H22ClN3O2/c1-15-5-4-6-16(13-15)25-20(26)14-19(21(25)27)24-11-9-23(10-12-24)18-8-3-2-7-17(18)22/h2-8,13,19H,9-12,14H2,1H3/t19-/m0/s1. The molecule has 0 radical (unpaired) electrons. The van der Waals surface area contributed by atoms with Crippen LogP contribution in [0, 0.1) is 6.92 Å². The monoisotopic (exact) mass is 383 g/mol. The van der Waals surface area contributed by atoms with E-state index in [1.807, 2.05) is 55.5 Å². The molecule has 0 N–H and O–H groups in total. The molecule has 2 aromatic rings. The van der Waals surface area contributed by atoms with Crippen molar-refractivity contribution in [2.75, 3.05) is 36.0 Å². The zero-order valence-corrected chi connectivity index (χ0v) is 16.0. The second kappa shape index (κ2) is 7.33. The van der Waals surface area contributed by atoms with Crippen LogP contribution in [0.1, 0.15) is 12.0 Å². The summed E-state index contributed by atoms with van der Waals surface area (Å²) in [5.74, 6) is -0.235. The van der Waals surface area contributed by atoms with Crippen molar-refractivity contribution in [3.8, 4) is 0 Å². The second-order valence-corrected chi connectivity index (χ2v) is 7.51. The zero-order valence-electron chi connectivity index (χ0n) is 15.3. The third-order valence-electron chi connectivity index (χ3n) is 5.33. The molecule has 6 heteroatoms. The van der Waals surface area contributed by atoms with E-state index in [-0.39, 0.29) is 24.3 Å². The summed E-state index contributed by atoms with van der Waals surface area (Å²) in [6.07, 6.45) is 0.249. The first-order valence-electron chi connectivity index (χ1n) is 9.21. The lowest BCUT2D eigenvalue weighted by Crippen LogP contribution is -2.52. The van der Waals surface area contributed by atoms with Gasteiger partial charge in [-0.3, -0.25) is 14.5 Å². The topological polar surface area (TPSA) is 43.9 Å². The van der Waals surface area contributed by atoms with Gasteiger partial charge in [0.05, 0.1) is 28.9 Å². The predicted octanol–water partition coefficient (Wildman–Crippen LogP) is 3.10. The summed E-state index contributed by atoms with van der Waals surface area (Å²) in [5.41, 5.74) is 2.72. The van der Waals surface area contributed by atoms with E-state index < -0.39 is 0 Å². The van der Waals surface area contributed by atoms with Gasteiger partial charge in [0.2, 0.25) is 5.91 Å². The molecule has 2 aliphatic heterocycles. The Kier molecular flexibility index (Phi) is 4.89. The van der Waals surface area contributed by atoms with Gasteiger partial charge in [-0.15, -0.1) is 0 Å². The molecule has 1 atom stereocenters. The molecule has 2 aromatic carbocycles. The number of aryl methyl sites for hydroxylation is 1. The molecule has 0 aliphatic carbocycles. The minimum Gasteiger partial charge on any atom is -0.368 e. The lowest BCUT2D eigenvalue weighted by molar-refractivity contribution is -0.123. The number of carbonyl (C=O) groups excluding carboxylic acids is 2. The molecule has 2 fully saturated rings. The highest BCUT2D eigenvalue weighted by atomic mass is 35.5. The Morgan fingerprint density at radius 2 is 1.70 bits per heavy atom. The van der Waals surface area contributed by atoms with Gasteiger partial charge in [-0.25, -0.2) is 4.90 Å². The number of amides is 2. The van der Waals surface area contributed by atoms with E-state index in [1.165, 1.54) is 4.90 Å². The summed E-state index contributed by atoms with van der Waals surface area (Å²) in [5, 5.41) is 0.740. The number of para-hydroxylation sites is 1. The van der Waals surface area contributed by atoms with Gasteiger partial charge in [-0.2, -0.15) is 0 Å². The van der Waals surface area contributed by atoms with Crippen LogP contribution >= 0.6 is 11.6 Å². The van der Waals surface area contributed by atoms with Gasteiger partial charge < -0.3 is 4.90 Å². The van der Waals surface area contributed by atoms with Crippen LogP contribution in [0.2, 0.25) is 5.02 Å². The summed E-state index contributed by atoms with van der Waals surface area (Å²) in [6, 6.07) is 15.0. The molecule has 4 rings (SSSR count). The van der Waals surface area contributed by atoms with Crippen molar-refractivity contribution >= 4 is 34.8 Å². The molecule has 5 nitrogen and oxygen atoms in total. The number of nitrogens with zero attached hydrogens (tertiary/aromatic N) is 3. The van der Waals surface area contributed by atoms with Crippen LogP contribution in [0.3, 0.4) is 0 Å². The molecule has 2 heterocycles. The smallest absolute Gasteiger partial charge is 0.251 e. The molecule has 0 bridgehead atoms. The van der Waals surface area contributed by atoms with E-state index in [2.05, 4.69) is 9.80 Å². The molecule has 2 amide bonds. The average Bonchev–Trinajstić information content (AvgIpc) is 2.96. The maximum atomic E-state index is 13.0. The third kappa shape index (κ3) is 3.45. The van der Waals surface area contributed by atoms with Gasteiger partial charge in [0.25, 0.3) is 5.91 Å². The van der Waals surface area contributed by atoms with Crippen LogP contribution in [0.4, 0.5) is 11.4 Å². The van der Waals surface area contributed by atoms with Crippen molar-refractivity contribution in [3.05, 3.63) is 59.1 Å². The number of hydrogen-bond donors (Lipinski definition) is 0. The van der Waals surface area contributed by atoms with Gasteiger partial charge >= 0.3 is 0 Å². The molecular formula is C21H22ClN3O2. The minimum atomic E-state index is -0.369. The van der Waals surface area contributed by atoms with Crippen LogP contribution < -0.4 is 9.80 Å². The van der Waals surface area contributed by atoms with Crippen LogP contribution in [0.15, 0.2) is 48.5 Å². The van der Waals surface area contributed by atoms with Gasteiger partial charge in [-0.1, -0.05) is 35.9 Å². The minimum absolute atomic E-state index is 0.114. The highest BCUT2D eigenvalue weighted by molar-refractivity contribution is 6.33. The largest absolute Gasteiger partial charge is 0.368 e. The number of piperazine rings is 1. The average molecular weight is 384 g/mol. The Hall–Kier alpha value is -2.37. The molecule has 0 saturated carbocycles. The van der Waals surface area contributed by atoms with E-state index in [0.29, 0.717) is 5.69 Å². The molecule has 2 aliphatic rings. The Labute approximate surface area is 164 Å². The van der Waals surface area contributed by atoms with Crippen LogP contribution in [-0.4, -0.2) is 48.9 Å². The van der Waals surface area contributed by atoms with E-state index in [4.69, 9.17) is 11.6 Å². The van der Waals surface area contributed by atoms with E-state index in [0.717, 1.165) is 42.5 Å². The summed E-state index contributed by atoms with van der Waals surface area (Å²) in [7, 11) is 0. The Morgan fingerprint density at radius 1 is 0.963 bits per heavy atom. The fourth-order valence-corrected chi connectivity index (χ4v) is 4.18. The lowest BCUT2D eigenvalue weighted by atomic mass is 10.1. The fourth-order valence-electron chi connectivity index (χ4n) is 3.92. The maximum absolute atomic E-state index is 13.0. The quantitative estimate of drug-likeness (QED) is 0.764. The normalized spacial score (nSPS) is 21.2. The Bertz CT molecular complexity index is 877. The number of imide groups is 1. The van der Waals surface area contributed by atoms with E-state index >= 15 is 0 Å². The first-order chi connectivity index (χ1) is 13.0. The highest BCUT2D eigenvalue weighted by Gasteiger charge is 2.43. The van der Waals surface area contributed by atoms with E-state index in [1.54, 1.807) is 0 Å². The number of rotatable bonds is 3. The van der Waals surface area contributed by atoms with Gasteiger partial charge in [0.1, 0.15) is 0 Å². The Balaban J connectivity index is 1.45. The molecule has 0 aromatic heterocycles. The van der Waals surface area contributed by atoms with Crippen molar-refractivity contribution in [1.29, 1.82) is 0 Å². The molecule has 0 unspecified atom stereocenters. The molecule has 0 spiro atoms. The zero-order chi connectivity index (χ0) is 19.0. The predicted molar refractivity (Wildman–Crippen MR) is 107 cm³/mol. The number of benzene rings is 2. The van der Waals surface area contributed by atoms with Gasteiger partial charge in [-0.05, 0) is 36.8 Å².